The Morgan fingerprint density at radius 1 is 1.47 bits per heavy atom. The van der Waals surface area contributed by atoms with E-state index >= 15 is 0 Å². The summed E-state index contributed by atoms with van der Waals surface area (Å²) in [4.78, 5) is 11.2. The molecule has 0 saturated carbocycles. The fourth-order valence-electron chi connectivity index (χ4n) is 1.89. The molecule has 0 aromatic heterocycles. The van der Waals surface area contributed by atoms with Crippen LogP contribution in [0.5, 0.6) is 0 Å². The van der Waals surface area contributed by atoms with E-state index in [9.17, 15) is 4.79 Å². The number of ketones is 1. The molecular formula is C13H17BrO. The number of Topliss-reactive ketones (excluding diaryl/α,β-unsaturated/α-hetero) is 1. The topological polar surface area (TPSA) is 17.1 Å². The van der Waals surface area contributed by atoms with Gasteiger partial charge in [0.05, 0.1) is 0 Å². The number of carbonyl (C=O) groups is 1. The molecular weight excluding hydrogens is 252 g/mol. The van der Waals surface area contributed by atoms with Crippen molar-refractivity contribution in [2.24, 2.45) is 0 Å². The predicted octanol–water partition coefficient (Wildman–Crippen LogP) is 4.23. The molecule has 0 fully saturated rings. The first kappa shape index (κ1) is 12.4. The van der Waals surface area contributed by atoms with Gasteiger partial charge in [0.15, 0.2) is 0 Å². The first-order chi connectivity index (χ1) is 7.06. The summed E-state index contributed by atoms with van der Waals surface area (Å²) in [7, 11) is 0. The average molecular weight is 269 g/mol. The normalized spacial score (nSPS) is 12.5. The third-order valence-corrected chi connectivity index (χ3v) is 3.64. The molecule has 0 aliphatic rings. The highest BCUT2D eigenvalue weighted by molar-refractivity contribution is 9.10. The number of hydrogen-bond acceptors (Lipinski definition) is 1. The third kappa shape index (κ3) is 3.16. The Labute approximate surface area is 100 Å². The minimum absolute atomic E-state index is 0.265. The molecule has 1 aromatic carbocycles. The van der Waals surface area contributed by atoms with Crippen molar-refractivity contribution in [3.8, 4) is 0 Å². The van der Waals surface area contributed by atoms with Gasteiger partial charge >= 0.3 is 0 Å². The molecule has 15 heavy (non-hydrogen) atoms. The molecule has 0 heterocycles. The van der Waals surface area contributed by atoms with Crippen LogP contribution in [0.2, 0.25) is 0 Å². The van der Waals surface area contributed by atoms with Crippen molar-refractivity contribution in [1.82, 2.24) is 0 Å². The van der Waals surface area contributed by atoms with E-state index in [1.165, 1.54) is 11.1 Å². The molecule has 0 spiro atoms. The maximum Gasteiger partial charge on any atom is 0.130 e. The highest BCUT2D eigenvalue weighted by Gasteiger charge is 2.14. The summed E-state index contributed by atoms with van der Waals surface area (Å²) in [5, 5.41) is 0. The Morgan fingerprint density at radius 3 is 2.67 bits per heavy atom. The van der Waals surface area contributed by atoms with E-state index in [0.29, 0.717) is 12.3 Å². The summed E-state index contributed by atoms with van der Waals surface area (Å²) in [6.07, 6.45) is 1.66. The molecule has 0 aliphatic heterocycles. The van der Waals surface area contributed by atoms with Crippen molar-refractivity contribution in [2.75, 3.05) is 0 Å². The second kappa shape index (κ2) is 5.45. The molecule has 1 aromatic rings. The van der Waals surface area contributed by atoms with Crippen molar-refractivity contribution in [1.29, 1.82) is 0 Å². The number of benzene rings is 1. The highest BCUT2D eigenvalue weighted by atomic mass is 79.9. The zero-order valence-electron chi connectivity index (χ0n) is 9.51. The zero-order valence-corrected chi connectivity index (χ0v) is 11.1. The molecule has 82 valence electrons. The van der Waals surface area contributed by atoms with E-state index in [0.717, 1.165) is 10.9 Å². The summed E-state index contributed by atoms with van der Waals surface area (Å²) < 4.78 is 1.13. The van der Waals surface area contributed by atoms with E-state index < -0.39 is 0 Å². The molecule has 2 heteroatoms. The number of halogens is 1. The standard InChI is InChI=1S/C13H17BrO/c1-4-11(8-9(2)15)12-6-5-7-13(14)10(12)3/h5-7,11H,4,8H2,1-3H3. The van der Waals surface area contributed by atoms with Crippen LogP contribution in [0.3, 0.4) is 0 Å². The number of hydrogen-bond donors (Lipinski definition) is 0. The zero-order chi connectivity index (χ0) is 11.4. The van der Waals surface area contributed by atoms with Gasteiger partial charge in [0, 0.05) is 10.9 Å². The maximum atomic E-state index is 11.2. The predicted molar refractivity (Wildman–Crippen MR) is 67.2 cm³/mol. The largest absolute Gasteiger partial charge is 0.300 e. The summed E-state index contributed by atoms with van der Waals surface area (Å²) >= 11 is 3.52. The number of rotatable bonds is 4. The van der Waals surface area contributed by atoms with E-state index in [1.807, 2.05) is 12.1 Å². The third-order valence-electron chi connectivity index (χ3n) is 2.78. The molecule has 1 unspecified atom stereocenters. The Kier molecular flexibility index (Phi) is 4.52. The van der Waals surface area contributed by atoms with Crippen molar-refractivity contribution in [3.05, 3.63) is 33.8 Å². The minimum Gasteiger partial charge on any atom is -0.300 e. The first-order valence-corrected chi connectivity index (χ1v) is 6.10. The van der Waals surface area contributed by atoms with Gasteiger partial charge in [0.25, 0.3) is 0 Å². The molecule has 0 amide bonds. The Morgan fingerprint density at radius 2 is 2.13 bits per heavy atom. The van der Waals surface area contributed by atoms with Crippen LogP contribution in [0.25, 0.3) is 0 Å². The lowest BCUT2D eigenvalue weighted by atomic mass is 9.89. The fraction of sp³-hybridized carbons (Fsp3) is 0.462. The second-order valence-electron chi connectivity index (χ2n) is 3.97. The summed E-state index contributed by atoms with van der Waals surface area (Å²) in [6.45, 7) is 5.89. The van der Waals surface area contributed by atoms with E-state index in [4.69, 9.17) is 0 Å². The van der Waals surface area contributed by atoms with E-state index in [2.05, 4.69) is 35.8 Å². The summed E-state index contributed by atoms with van der Waals surface area (Å²) in [5.41, 5.74) is 2.55. The maximum absolute atomic E-state index is 11.2. The summed E-state index contributed by atoms with van der Waals surface area (Å²) in [5.74, 6) is 0.626. The van der Waals surface area contributed by atoms with Crippen LogP contribution in [0.15, 0.2) is 22.7 Å². The minimum atomic E-state index is 0.265. The van der Waals surface area contributed by atoms with Gasteiger partial charge in [-0.05, 0) is 43.4 Å². The second-order valence-corrected chi connectivity index (χ2v) is 4.82. The van der Waals surface area contributed by atoms with Crippen molar-refractivity contribution in [2.45, 2.75) is 39.5 Å². The SMILES string of the molecule is CCC(CC(C)=O)c1cccc(Br)c1C. The van der Waals surface area contributed by atoms with Gasteiger partial charge in [-0.25, -0.2) is 0 Å². The van der Waals surface area contributed by atoms with Crippen LogP contribution in [0.1, 0.15) is 43.7 Å². The molecule has 1 rings (SSSR count). The van der Waals surface area contributed by atoms with Crippen molar-refractivity contribution < 1.29 is 4.79 Å². The Bertz CT molecular complexity index is 358. The first-order valence-electron chi connectivity index (χ1n) is 5.30. The molecule has 1 atom stereocenters. The van der Waals surface area contributed by atoms with Gasteiger partial charge in [-0.15, -0.1) is 0 Å². The molecule has 0 aliphatic carbocycles. The van der Waals surface area contributed by atoms with Crippen LogP contribution >= 0.6 is 15.9 Å². The monoisotopic (exact) mass is 268 g/mol. The smallest absolute Gasteiger partial charge is 0.130 e. The van der Waals surface area contributed by atoms with Gasteiger partial charge in [-0.1, -0.05) is 35.0 Å². The van der Waals surface area contributed by atoms with E-state index in [-0.39, 0.29) is 5.78 Å². The Balaban J connectivity index is 3.01. The molecule has 0 saturated heterocycles. The van der Waals surface area contributed by atoms with E-state index in [1.54, 1.807) is 6.92 Å². The summed E-state index contributed by atoms with van der Waals surface area (Å²) in [6, 6.07) is 6.20. The van der Waals surface area contributed by atoms with Gasteiger partial charge < -0.3 is 4.79 Å². The van der Waals surface area contributed by atoms with Gasteiger partial charge in [-0.3, -0.25) is 0 Å². The van der Waals surface area contributed by atoms with Crippen LogP contribution < -0.4 is 0 Å². The highest BCUT2D eigenvalue weighted by Crippen LogP contribution is 2.30. The van der Waals surface area contributed by atoms with Gasteiger partial charge in [0.2, 0.25) is 0 Å². The van der Waals surface area contributed by atoms with Crippen LogP contribution in [0.4, 0.5) is 0 Å². The lowest BCUT2D eigenvalue weighted by Crippen LogP contribution is -2.05. The number of carbonyl (C=O) groups excluding carboxylic acids is 1. The molecule has 0 radical (unpaired) electrons. The van der Waals surface area contributed by atoms with Crippen LogP contribution in [0, 0.1) is 6.92 Å². The van der Waals surface area contributed by atoms with Crippen molar-refractivity contribution >= 4 is 21.7 Å². The molecule has 1 nitrogen and oxygen atoms in total. The Hall–Kier alpha value is -0.630. The average Bonchev–Trinajstić information content (AvgIpc) is 2.19. The van der Waals surface area contributed by atoms with Crippen LogP contribution in [-0.4, -0.2) is 5.78 Å². The quantitative estimate of drug-likeness (QED) is 0.799. The lowest BCUT2D eigenvalue weighted by molar-refractivity contribution is -0.117. The molecule has 0 N–H and O–H groups in total. The van der Waals surface area contributed by atoms with Crippen LogP contribution in [-0.2, 0) is 4.79 Å². The fourth-order valence-corrected chi connectivity index (χ4v) is 2.27. The molecule has 0 bridgehead atoms. The van der Waals surface area contributed by atoms with Gasteiger partial charge in [0.1, 0.15) is 5.78 Å². The lowest BCUT2D eigenvalue weighted by Gasteiger charge is -2.17. The van der Waals surface area contributed by atoms with Crippen molar-refractivity contribution in [3.63, 3.8) is 0 Å². The van der Waals surface area contributed by atoms with Gasteiger partial charge in [-0.2, -0.15) is 0 Å².